The van der Waals surface area contributed by atoms with Gasteiger partial charge in [0.2, 0.25) is 0 Å². The lowest BCUT2D eigenvalue weighted by Crippen LogP contribution is -2.23. The molecular weight excluding hydrogens is 248 g/mol. The Kier molecular flexibility index (Phi) is 2.93. The molecule has 104 valence electrons. The van der Waals surface area contributed by atoms with E-state index in [2.05, 4.69) is 32.9 Å². The van der Waals surface area contributed by atoms with Gasteiger partial charge in [0.25, 0.3) is 5.56 Å². The number of hydrogen-bond acceptors (Lipinski definition) is 1. The summed E-state index contributed by atoms with van der Waals surface area (Å²) in [6, 6.07) is 8.21. The summed E-state index contributed by atoms with van der Waals surface area (Å²) in [7, 11) is 1.98. The number of hydrogen-bond donors (Lipinski definition) is 0. The first kappa shape index (κ1) is 13.0. The van der Waals surface area contributed by atoms with Gasteiger partial charge in [-0.05, 0) is 24.5 Å². The molecule has 0 fully saturated rings. The molecule has 3 rings (SSSR count). The molecule has 0 aliphatic carbocycles. The third-order valence-electron chi connectivity index (χ3n) is 3.88. The Morgan fingerprint density at radius 3 is 2.60 bits per heavy atom. The highest BCUT2D eigenvalue weighted by Crippen LogP contribution is 2.28. The Morgan fingerprint density at radius 2 is 1.90 bits per heavy atom. The molecular formula is C17H20N2O. The molecule has 0 N–H and O–H groups in total. The molecule has 2 heterocycles. The third kappa shape index (κ3) is 1.77. The highest BCUT2D eigenvalue weighted by molar-refractivity contribution is 6.09. The van der Waals surface area contributed by atoms with E-state index in [0.29, 0.717) is 5.92 Å². The van der Waals surface area contributed by atoms with Crippen LogP contribution in [-0.2, 0) is 13.6 Å². The smallest absolute Gasteiger partial charge is 0.275 e. The molecule has 2 aromatic heterocycles. The standard InChI is InChI=1S/C17H20N2O/c1-11(2)9-19-10-12(3)15-13-7-5-6-8-14(13)18(4)16(15)17(19)20/h5-8,10-11H,9H2,1-4H3. The van der Waals surface area contributed by atoms with Gasteiger partial charge < -0.3 is 9.13 Å². The van der Waals surface area contributed by atoms with E-state index >= 15 is 0 Å². The number of fused-ring (bicyclic) bond motifs is 3. The Bertz CT molecular complexity index is 853. The van der Waals surface area contributed by atoms with Gasteiger partial charge in [0.05, 0.1) is 0 Å². The van der Waals surface area contributed by atoms with E-state index in [0.717, 1.165) is 33.9 Å². The summed E-state index contributed by atoms with van der Waals surface area (Å²) in [5, 5.41) is 2.25. The van der Waals surface area contributed by atoms with Gasteiger partial charge in [-0.1, -0.05) is 32.0 Å². The van der Waals surface area contributed by atoms with Crippen molar-refractivity contribution in [2.24, 2.45) is 13.0 Å². The van der Waals surface area contributed by atoms with Crippen LogP contribution in [0.1, 0.15) is 19.4 Å². The molecule has 0 radical (unpaired) electrons. The monoisotopic (exact) mass is 268 g/mol. The third-order valence-corrected chi connectivity index (χ3v) is 3.88. The van der Waals surface area contributed by atoms with Crippen molar-refractivity contribution in [3.63, 3.8) is 0 Å². The van der Waals surface area contributed by atoms with Crippen molar-refractivity contribution in [2.45, 2.75) is 27.3 Å². The minimum Gasteiger partial charge on any atom is -0.339 e. The van der Waals surface area contributed by atoms with Crippen LogP contribution in [0.3, 0.4) is 0 Å². The second-order valence-electron chi connectivity index (χ2n) is 5.96. The second kappa shape index (κ2) is 4.51. The predicted octanol–water partition coefficient (Wildman–Crippen LogP) is 3.46. The van der Waals surface area contributed by atoms with Crippen LogP contribution < -0.4 is 5.56 Å². The van der Waals surface area contributed by atoms with E-state index in [9.17, 15) is 4.79 Å². The highest BCUT2D eigenvalue weighted by Gasteiger charge is 2.15. The van der Waals surface area contributed by atoms with Gasteiger partial charge in [0.1, 0.15) is 5.52 Å². The zero-order valence-corrected chi connectivity index (χ0v) is 12.5. The second-order valence-corrected chi connectivity index (χ2v) is 5.96. The van der Waals surface area contributed by atoms with E-state index < -0.39 is 0 Å². The maximum atomic E-state index is 12.7. The summed E-state index contributed by atoms with van der Waals surface area (Å²) in [6.45, 7) is 7.11. The minimum absolute atomic E-state index is 0.109. The zero-order chi connectivity index (χ0) is 14.4. The van der Waals surface area contributed by atoms with Crippen molar-refractivity contribution in [1.29, 1.82) is 0 Å². The summed E-state index contributed by atoms with van der Waals surface area (Å²) >= 11 is 0. The molecule has 0 saturated carbocycles. The molecule has 0 amide bonds. The van der Waals surface area contributed by atoms with Crippen molar-refractivity contribution in [3.05, 3.63) is 46.4 Å². The van der Waals surface area contributed by atoms with E-state index in [4.69, 9.17) is 0 Å². The molecule has 0 atom stereocenters. The van der Waals surface area contributed by atoms with Gasteiger partial charge >= 0.3 is 0 Å². The maximum Gasteiger partial charge on any atom is 0.275 e. The summed E-state index contributed by atoms with van der Waals surface area (Å²) in [5.74, 6) is 0.458. The van der Waals surface area contributed by atoms with Crippen LogP contribution in [0.4, 0.5) is 0 Å². The number of pyridine rings is 1. The van der Waals surface area contributed by atoms with E-state index in [1.165, 1.54) is 0 Å². The van der Waals surface area contributed by atoms with Crippen LogP contribution in [0.15, 0.2) is 35.3 Å². The molecule has 0 unspecified atom stereocenters. The van der Waals surface area contributed by atoms with Crippen LogP contribution in [0.5, 0.6) is 0 Å². The molecule has 0 saturated heterocycles. The molecule has 0 bridgehead atoms. The van der Waals surface area contributed by atoms with Crippen molar-refractivity contribution in [1.82, 2.24) is 9.13 Å². The Hall–Kier alpha value is -2.03. The number of para-hydroxylation sites is 1. The number of nitrogens with zero attached hydrogens (tertiary/aromatic N) is 2. The van der Waals surface area contributed by atoms with Crippen molar-refractivity contribution in [2.75, 3.05) is 0 Å². The molecule has 3 nitrogen and oxygen atoms in total. The van der Waals surface area contributed by atoms with Gasteiger partial charge in [-0.2, -0.15) is 0 Å². The van der Waals surface area contributed by atoms with Gasteiger partial charge in [0, 0.05) is 36.1 Å². The fourth-order valence-electron chi connectivity index (χ4n) is 3.06. The first-order chi connectivity index (χ1) is 9.50. The number of aromatic nitrogens is 2. The first-order valence-electron chi connectivity index (χ1n) is 7.08. The summed E-state index contributed by atoms with van der Waals surface area (Å²) < 4.78 is 3.87. The first-order valence-corrected chi connectivity index (χ1v) is 7.08. The van der Waals surface area contributed by atoms with E-state index in [1.807, 2.05) is 34.5 Å². The molecule has 0 aliphatic rings. The molecule has 20 heavy (non-hydrogen) atoms. The average Bonchev–Trinajstić information content (AvgIpc) is 2.70. The minimum atomic E-state index is 0.109. The van der Waals surface area contributed by atoms with E-state index in [-0.39, 0.29) is 5.56 Å². The topological polar surface area (TPSA) is 26.9 Å². The number of rotatable bonds is 2. The largest absolute Gasteiger partial charge is 0.339 e. The molecule has 3 aromatic rings. The summed E-state index contributed by atoms with van der Waals surface area (Å²) in [6.07, 6.45) is 2.00. The van der Waals surface area contributed by atoms with Crippen LogP contribution in [0.25, 0.3) is 21.8 Å². The van der Waals surface area contributed by atoms with Crippen molar-refractivity contribution in [3.8, 4) is 0 Å². The van der Waals surface area contributed by atoms with Gasteiger partial charge in [-0.3, -0.25) is 4.79 Å². The van der Waals surface area contributed by atoms with Crippen LogP contribution in [0.2, 0.25) is 0 Å². The summed E-state index contributed by atoms with van der Waals surface area (Å²) in [5.41, 5.74) is 3.20. The Balaban J connectivity index is 2.48. The van der Waals surface area contributed by atoms with Crippen LogP contribution >= 0.6 is 0 Å². The van der Waals surface area contributed by atoms with Crippen molar-refractivity contribution >= 4 is 21.8 Å². The lowest BCUT2D eigenvalue weighted by atomic mass is 10.1. The lowest BCUT2D eigenvalue weighted by molar-refractivity contribution is 0.511. The molecule has 0 spiro atoms. The molecule has 0 aliphatic heterocycles. The lowest BCUT2D eigenvalue weighted by Gasteiger charge is -2.11. The van der Waals surface area contributed by atoms with E-state index in [1.54, 1.807) is 0 Å². The number of aryl methyl sites for hydroxylation is 2. The Labute approximate surface area is 118 Å². The fraction of sp³-hybridized carbons (Fsp3) is 0.353. The average molecular weight is 268 g/mol. The fourth-order valence-corrected chi connectivity index (χ4v) is 3.06. The van der Waals surface area contributed by atoms with Crippen molar-refractivity contribution < 1.29 is 0 Å². The maximum absolute atomic E-state index is 12.7. The highest BCUT2D eigenvalue weighted by atomic mass is 16.1. The molecule has 3 heteroatoms. The van der Waals surface area contributed by atoms with Gasteiger partial charge in [0.15, 0.2) is 0 Å². The normalized spacial score (nSPS) is 11.8. The van der Waals surface area contributed by atoms with Crippen LogP contribution in [-0.4, -0.2) is 9.13 Å². The van der Waals surface area contributed by atoms with Crippen LogP contribution in [0, 0.1) is 12.8 Å². The predicted molar refractivity (Wildman–Crippen MR) is 84.3 cm³/mol. The Morgan fingerprint density at radius 1 is 1.20 bits per heavy atom. The molecule has 1 aromatic carbocycles. The van der Waals surface area contributed by atoms with Gasteiger partial charge in [-0.25, -0.2) is 0 Å². The zero-order valence-electron chi connectivity index (χ0n) is 12.5. The van der Waals surface area contributed by atoms with Gasteiger partial charge in [-0.15, -0.1) is 0 Å². The quantitative estimate of drug-likeness (QED) is 0.699. The number of benzene rings is 1. The SMILES string of the molecule is Cc1cn(CC(C)C)c(=O)c2c1c1ccccc1n2C. The summed E-state index contributed by atoms with van der Waals surface area (Å²) in [4.78, 5) is 12.7.